The molecule has 0 heterocycles. The third-order valence-electron chi connectivity index (χ3n) is 6.96. The Hall–Kier alpha value is -1.26. The first kappa shape index (κ1) is 32.8. The summed E-state index contributed by atoms with van der Waals surface area (Å²) in [6, 6.07) is 12.1. The van der Waals surface area contributed by atoms with Gasteiger partial charge in [-0.3, -0.25) is 4.79 Å². The average molecular weight is 506 g/mol. The number of carbonyl (C=O) groups excluding carboxylic acids is 1. The Morgan fingerprint density at radius 2 is 1.39 bits per heavy atom. The number of aryl methyl sites for hydroxylation is 2. The van der Waals surface area contributed by atoms with Crippen molar-refractivity contribution in [2.24, 2.45) is 11.8 Å². The van der Waals surface area contributed by atoms with Crippen molar-refractivity contribution in [3.63, 3.8) is 0 Å². The van der Waals surface area contributed by atoms with E-state index >= 15 is 0 Å². The quantitative estimate of drug-likeness (QED) is 0.160. The number of unbranched alkanes of at least 4 members (excludes halogenated alkanes) is 2. The molecule has 2 aromatic rings. The SMILES string of the molecule is CCCCC(CC)COc1ccc(PC(=O)c2c(C)cccc2C)c(OCC(CC)CCCC)c1.[Li]. The summed E-state index contributed by atoms with van der Waals surface area (Å²) >= 11 is 0. The molecular formula is C31H47LiO3P. The Morgan fingerprint density at radius 1 is 0.833 bits per heavy atom. The Morgan fingerprint density at radius 3 is 1.92 bits per heavy atom. The molecule has 0 saturated carbocycles. The fourth-order valence-electron chi connectivity index (χ4n) is 4.39. The van der Waals surface area contributed by atoms with Crippen LogP contribution in [0, 0.1) is 25.7 Å². The van der Waals surface area contributed by atoms with Crippen LogP contribution in [0.15, 0.2) is 36.4 Å². The topological polar surface area (TPSA) is 35.5 Å². The van der Waals surface area contributed by atoms with Crippen LogP contribution in [0.1, 0.15) is 101 Å². The van der Waals surface area contributed by atoms with Crippen LogP contribution < -0.4 is 14.8 Å². The van der Waals surface area contributed by atoms with Crippen LogP contribution in [0.3, 0.4) is 0 Å². The normalized spacial score (nSPS) is 12.8. The molecule has 0 spiro atoms. The molecule has 0 aliphatic heterocycles. The number of rotatable bonds is 17. The third kappa shape index (κ3) is 10.6. The summed E-state index contributed by atoms with van der Waals surface area (Å²) in [5, 5.41) is 0.966. The fourth-order valence-corrected chi connectivity index (χ4v) is 5.59. The van der Waals surface area contributed by atoms with E-state index < -0.39 is 0 Å². The van der Waals surface area contributed by atoms with Gasteiger partial charge in [-0.2, -0.15) is 0 Å². The van der Waals surface area contributed by atoms with Gasteiger partial charge in [-0.1, -0.05) is 84.4 Å². The molecule has 2 aromatic carbocycles. The van der Waals surface area contributed by atoms with Crippen molar-refractivity contribution in [1.82, 2.24) is 0 Å². The molecule has 0 aliphatic rings. The number of carbonyl (C=O) groups is 1. The molecule has 3 unspecified atom stereocenters. The molecule has 0 N–H and O–H groups in total. The Bertz CT molecular complexity index is 894. The number of hydrogen-bond acceptors (Lipinski definition) is 3. The van der Waals surface area contributed by atoms with E-state index in [0.717, 1.165) is 52.9 Å². The molecule has 0 bridgehead atoms. The van der Waals surface area contributed by atoms with Gasteiger partial charge < -0.3 is 9.47 Å². The van der Waals surface area contributed by atoms with Crippen LogP contribution in [-0.4, -0.2) is 37.6 Å². The maximum atomic E-state index is 13.3. The molecule has 2 rings (SSSR count). The van der Waals surface area contributed by atoms with E-state index in [0.29, 0.717) is 18.4 Å². The van der Waals surface area contributed by atoms with Gasteiger partial charge in [0.25, 0.3) is 0 Å². The predicted octanol–water partition coefficient (Wildman–Crippen LogP) is 8.26. The molecule has 5 heteroatoms. The molecule has 0 aromatic heterocycles. The predicted molar refractivity (Wildman–Crippen MR) is 158 cm³/mol. The van der Waals surface area contributed by atoms with Gasteiger partial charge in [-0.05, 0) is 70.4 Å². The second-order valence-electron chi connectivity index (χ2n) is 9.83. The van der Waals surface area contributed by atoms with Crippen LogP contribution >= 0.6 is 8.58 Å². The van der Waals surface area contributed by atoms with Crippen molar-refractivity contribution in [1.29, 1.82) is 0 Å². The molecule has 3 nitrogen and oxygen atoms in total. The molecule has 0 aliphatic carbocycles. The summed E-state index contributed by atoms with van der Waals surface area (Å²) in [6.45, 7) is 14.4. The number of benzene rings is 2. The van der Waals surface area contributed by atoms with E-state index in [2.05, 4.69) is 27.7 Å². The van der Waals surface area contributed by atoms with E-state index in [9.17, 15) is 4.79 Å². The van der Waals surface area contributed by atoms with E-state index in [1.54, 1.807) is 0 Å². The zero-order valence-electron chi connectivity index (χ0n) is 23.9. The van der Waals surface area contributed by atoms with Crippen LogP contribution in [0.25, 0.3) is 0 Å². The van der Waals surface area contributed by atoms with Gasteiger partial charge in [0.05, 0.1) is 13.2 Å². The number of hydrogen-bond donors (Lipinski definition) is 0. The van der Waals surface area contributed by atoms with Gasteiger partial charge in [0.2, 0.25) is 0 Å². The van der Waals surface area contributed by atoms with Crippen LogP contribution in [0.4, 0.5) is 0 Å². The second-order valence-corrected chi connectivity index (χ2v) is 11.1. The van der Waals surface area contributed by atoms with Crippen LogP contribution in [0.2, 0.25) is 0 Å². The van der Waals surface area contributed by atoms with Gasteiger partial charge in [-0.15, -0.1) is 0 Å². The van der Waals surface area contributed by atoms with E-state index in [1.165, 1.54) is 38.5 Å². The van der Waals surface area contributed by atoms with Gasteiger partial charge >= 0.3 is 0 Å². The summed E-state index contributed by atoms with van der Waals surface area (Å²) in [5.41, 5.74) is 3.08. The first-order valence-electron chi connectivity index (χ1n) is 13.7. The smallest absolute Gasteiger partial charge is 0.186 e. The summed E-state index contributed by atoms with van der Waals surface area (Å²) in [4.78, 5) is 13.3. The second kappa shape index (κ2) is 18.1. The minimum absolute atomic E-state index is 0. The van der Waals surface area contributed by atoms with Crippen molar-refractivity contribution in [3.8, 4) is 11.5 Å². The van der Waals surface area contributed by atoms with Gasteiger partial charge in [-0.25, -0.2) is 0 Å². The Balaban J connectivity index is 0.00000648. The van der Waals surface area contributed by atoms with Gasteiger partial charge in [0, 0.05) is 35.8 Å². The minimum atomic E-state index is 0. The molecule has 36 heavy (non-hydrogen) atoms. The molecule has 1 radical (unpaired) electrons. The van der Waals surface area contributed by atoms with Crippen molar-refractivity contribution in [3.05, 3.63) is 53.1 Å². The van der Waals surface area contributed by atoms with E-state index in [4.69, 9.17) is 9.47 Å². The van der Waals surface area contributed by atoms with E-state index in [1.807, 2.05) is 50.2 Å². The first-order valence-corrected chi connectivity index (χ1v) is 14.7. The molecule has 0 fully saturated rings. The monoisotopic (exact) mass is 505 g/mol. The van der Waals surface area contributed by atoms with Crippen molar-refractivity contribution in [2.75, 3.05) is 13.2 Å². The van der Waals surface area contributed by atoms with Crippen molar-refractivity contribution < 1.29 is 14.3 Å². The van der Waals surface area contributed by atoms with Crippen molar-refractivity contribution in [2.45, 2.75) is 92.9 Å². The fraction of sp³-hybridized carbons (Fsp3) is 0.581. The Kier molecular flexibility index (Phi) is 16.4. The largest absolute Gasteiger partial charge is 0.493 e. The molecule has 3 atom stereocenters. The summed E-state index contributed by atoms with van der Waals surface area (Å²) in [5.74, 6) is 2.75. The molecular weight excluding hydrogens is 458 g/mol. The molecule has 0 saturated heterocycles. The summed E-state index contributed by atoms with van der Waals surface area (Å²) < 4.78 is 12.6. The van der Waals surface area contributed by atoms with Crippen LogP contribution in [-0.2, 0) is 0 Å². The van der Waals surface area contributed by atoms with Gasteiger partial charge in [0.1, 0.15) is 11.5 Å². The summed E-state index contributed by atoms with van der Waals surface area (Å²) in [7, 11) is 0.0266. The Labute approximate surface area is 234 Å². The zero-order chi connectivity index (χ0) is 25.6. The number of ether oxygens (including phenoxy) is 2. The van der Waals surface area contributed by atoms with Crippen molar-refractivity contribution >= 4 is 38.3 Å². The van der Waals surface area contributed by atoms with Crippen LogP contribution in [0.5, 0.6) is 11.5 Å². The summed E-state index contributed by atoms with van der Waals surface area (Å²) in [6.07, 6.45) is 9.50. The first-order chi connectivity index (χ1) is 16.9. The molecule has 0 amide bonds. The standard InChI is InChI=1S/C31H47O3P.Li/c1-7-11-16-25(9-3)21-33-27-18-19-29(28(20-27)34-22-26(10-4)17-12-8-2)35-31(32)30-23(5)14-13-15-24(30)6;/h13-15,18-20,25-26,35H,7-12,16-17,21-22H2,1-6H3;. The average Bonchev–Trinajstić information content (AvgIpc) is 2.85. The molecule has 195 valence electrons. The van der Waals surface area contributed by atoms with E-state index in [-0.39, 0.29) is 33.0 Å². The van der Waals surface area contributed by atoms with Gasteiger partial charge in [0.15, 0.2) is 5.52 Å². The maximum Gasteiger partial charge on any atom is 0.186 e. The zero-order valence-corrected chi connectivity index (χ0v) is 24.9. The third-order valence-corrected chi connectivity index (χ3v) is 8.12. The minimum Gasteiger partial charge on any atom is -0.493 e. The maximum absolute atomic E-state index is 13.3.